The number of halogens is 1. The van der Waals surface area contributed by atoms with Crippen LogP contribution >= 0.6 is 11.6 Å². The van der Waals surface area contributed by atoms with Crippen LogP contribution in [0.3, 0.4) is 0 Å². The van der Waals surface area contributed by atoms with Crippen molar-refractivity contribution in [2.75, 3.05) is 11.9 Å². The zero-order valence-electron chi connectivity index (χ0n) is 12.0. The monoisotopic (exact) mass is 302 g/mol. The van der Waals surface area contributed by atoms with Crippen LogP contribution in [0.5, 0.6) is 0 Å². The lowest BCUT2D eigenvalue weighted by Crippen LogP contribution is -2.27. The minimum atomic E-state index is -0.0480. The molecular weight excluding hydrogens is 284 g/mol. The Balaban J connectivity index is 1.75. The lowest BCUT2D eigenvalue weighted by atomic mass is 10.1. The molecule has 2 rings (SSSR count). The molecule has 0 fully saturated rings. The van der Waals surface area contributed by atoms with E-state index < -0.39 is 0 Å². The van der Waals surface area contributed by atoms with Gasteiger partial charge in [0, 0.05) is 17.3 Å². The summed E-state index contributed by atoms with van der Waals surface area (Å²) in [5.74, 6) is -0.0480. The number of carbonyl (C=O) groups is 1. The molecule has 0 atom stereocenters. The number of benzene rings is 2. The van der Waals surface area contributed by atoms with Gasteiger partial charge < -0.3 is 10.6 Å². The van der Waals surface area contributed by atoms with E-state index in [0.29, 0.717) is 11.6 Å². The standard InChI is InChI=1S/C17H19ClN2O/c1-2-13-5-9-16(10-6-13)20-17(21)12-19-11-14-3-7-15(18)8-4-14/h3-10,19H,2,11-12H2,1H3,(H,20,21). The third-order valence-corrected chi connectivity index (χ3v) is 3.43. The predicted molar refractivity (Wildman–Crippen MR) is 87.6 cm³/mol. The van der Waals surface area contributed by atoms with Crippen molar-refractivity contribution >= 4 is 23.2 Å². The Kier molecular flexibility index (Phi) is 5.78. The highest BCUT2D eigenvalue weighted by molar-refractivity contribution is 6.30. The van der Waals surface area contributed by atoms with E-state index in [1.165, 1.54) is 5.56 Å². The highest BCUT2D eigenvalue weighted by Gasteiger charge is 2.02. The summed E-state index contributed by atoms with van der Waals surface area (Å²) in [6, 6.07) is 15.5. The quantitative estimate of drug-likeness (QED) is 0.855. The van der Waals surface area contributed by atoms with Gasteiger partial charge in [-0.15, -0.1) is 0 Å². The lowest BCUT2D eigenvalue weighted by Gasteiger charge is -2.07. The van der Waals surface area contributed by atoms with Crippen LogP contribution in [0.4, 0.5) is 5.69 Å². The molecule has 0 heterocycles. The van der Waals surface area contributed by atoms with Crippen LogP contribution in [-0.2, 0) is 17.8 Å². The molecule has 21 heavy (non-hydrogen) atoms. The molecule has 0 aliphatic heterocycles. The van der Waals surface area contributed by atoms with Gasteiger partial charge in [-0.1, -0.05) is 42.8 Å². The van der Waals surface area contributed by atoms with E-state index in [-0.39, 0.29) is 12.5 Å². The molecule has 0 bridgehead atoms. The van der Waals surface area contributed by atoms with Crippen molar-refractivity contribution in [1.82, 2.24) is 5.32 Å². The first kappa shape index (κ1) is 15.5. The van der Waals surface area contributed by atoms with Crippen LogP contribution in [0, 0.1) is 0 Å². The lowest BCUT2D eigenvalue weighted by molar-refractivity contribution is -0.115. The molecule has 2 aromatic carbocycles. The minimum absolute atomic E-state index is 0.0480. The maximum Gasteiger partial charge on any atom is 0.238 e. The van der Waals surface area contributed by atoms with Gasteiger partial charge in [0.2, 0.25) is 5.91 Å². The molecule has 110 valence electrons. The first-order valence-corrected chi connectivity index (χ1v) is 7.39. The number of nitrogens with one attached hydrogen (secondary N) is 2. The predicted octanol–water partition coefficient (Wildman–Crippen LogP) is 3.63. The highest BCUT2D eigenvalue weighted by Crippen LogP contribution is 2.10. The minimum Gasteiger partial charge on any atom is -0.325 e. The normalized spacial score (nSPS) is 10.4. The molecule has 0 spiro atoms. The molecule has 3 nitrogen and oxygen atoms in total. The third-order valence-electron chi connectivity index (χ3n) is 3.17. The number of anilines is 1. The van der Waals surface area contributed by atoms with Crippen molar-refractivity contribution in [3.63, 3.8) is 0 Å². The zero-order valence-corrected chi connectivity index (χ0v) is 12.8. The molecule has 2 N–H and O–H groups in total. The molecule has 2 aromatic rings. The molecule has 0 unspecified atom stereocenters. The van der Waals surface area contributed by atoms with Crippen LogP contribution in [0.15, 0.2) is 48.5 Å². The van der Waals surface area contributed by atoms with Crippen LogP contribution in [0.2, 0.25) is 5.02 Å². The largest absolute Gasteiger partial charge is 0.325 e. The van der Waals surface area contributed by atoms with Crippen molar-refractivity contribution in [3.8, 4) is 0 Å². The van der Waals surface area contributed by atoms with Gasteiger partial charge in [0.15, 0.2) is 0 Å². The van der Waals surface area contributed by atoms with Crippen molar-refractivity contribution in [2.24, 2.45) is 0 Å². The summed E-state index contributed by atoms with van der Waals surface area (Å²) in [6.07, 6.45) is 0.997. The van der Waals surface area contributed by atoms with Crippen LogP contribution in [0.25, 0.3) is 0 Å². The van der Waals surface area contributed by atoms with E-state index in [1.54, 1.807) is 0 Å². The Labute approximate surface area is 130 Å². The molecule has 0 saturated carbocycles. The maximum atomic E-state index is 11.8. The maximum absolute atomic E-state index is 11.8. The second-order valence-corrected chi connectivity index (χ2v) is 5.27. The van der Waals surface area contributed by atoms with Gasteiger partial charge in [-0.25, -0.2) is 0 Å². The fourth-order valence-electron chi connectivity index (χ4n) is 1.95. The number of amides is 1. The van der Waals surface area contributed by atoms with E-state index in [9.17, 15) is 4.79 Å². The highest BCUT2D eigenvalue weighted by atomic mass is 35.5. The van der Waals surface area contributed by atoms with Crippen molar-refractivity contribution in [2.45, 2.75) is 19.9 Å². The summed E-state index contributed by atoms with van der Waals surface area (Å²) < 4.78 is 0. The number of carbonyl (C=O) groups excluding carboxylic acids is 1. The second-order valence-electron chi connectivity index (χ2n) is 4.83. The van der Waals surface area contributed by atoms with E-state index in [4.69, 9.17) is 11.6 Å². The Morgan fingerprint density at radius 2 is 1.62 bits per heavy atom. The Morgan fingerprint density at radius 1 is 1.00 bits per heavy atom. The van der Waals surface area contributed by atoms with E-state index in [2.05, 4.69) is 17.6 Å². The van der Waals surface area contributed by atoms with Gasteiger partial charge in [0.25, 0.3) is 0 Å². The smallest absolute Gasteiger partial charge is 0.238 e. The summed E-state index contributed by atoms with van der Waals surface area (Å²) in [5, 5.41) is 6.69. The van der Waals surface area contributed by atoms with Crippen molar-refractivity contribution in [1.29, 1.82) is 0 Å². The Morgan fingerprint density at radius 3 is 2.24 bits per heavy atom. The molecule has 0 saturated heterocycles. The summed E-state index contributed by atoms with van der Waals surface area (Å²) in [7, 11) is 0. The SMILES string of the molecule is CCc1ccc(NC(=O)CNCc2ccc(Cl)cc2)cc1. The molecule has 0 aliphatic rings. The van der Waals surface area contributed by atoms with E-state index in [1.807, 2.05) is 48.5 Å². The molecular formula is C17H19ClN2O. The fourth-order valence-corrected chi connectivity index (χ4v) is 2.08. The fraction of sp³-hybridized carbons (Fsp3) is 0.235. The Bertz CT molecular complexity index is 579. The molecule has 0 aliphatic carbocycles. The van der Waals surface area contributed by atoms with E-state index in [0.717, 1.165) is 17.7 Å². The second kappa shape index (κ2) is 7.81. The van der Waals surface area contributed by atoms with Gasteiger partial charge in [0.1, 0.15) is 0 Å². The summed E-state index contributed by atoms with van der Waals surface area (Å²) in [4.78, 5) is 11.8. The first-order valence-electron chi connectivity index (χ1n) is 7.01. The number of aryl methyl sites for hydroxylation is 1. The van der Waals surface area contributed by atoms with Crippen LogP contribution in [0.1, 0.15) is 18.1 Å². The van der Waals surface area contributed by atoms with Gasteiger partial charge in [-0.3, -0.25) is 4.79 Å². The van der Waals surface area contributed by atoms with Crippen molar-refractivity contribution < 1.29 is 4.79 Å². The van der Waals surface area contributed by atoms with Crippen LogP contribution in [-0.4, -0.2) is 12.5 Å². The van der Waals surface area contributed by atoms with E-state index >= 15 is 0 Å². The summed E-state index contributed by atoms with van der Waals surface area (Å²) in [6.45, 7) is 3.02. The average Bonchev–Trinajstić information content (AvgIpc) is 2.50. The molecule has 0 radical (unpaired) electrons. The topological polar surface area (TPSA) is 41.1 Å². The first-order chi connectivity index (χ1) is 10.2. The van der Waals surface area contributed by atoms with Gasteiger partial charge >= 0.3 is 0 Å². The third kappa shape index (κ3) is 5.21. The summed E-state index contributed by atoms with van der Waals surface area (Å²) in [5.41, 5.74) is 3.18. The van der Waals surface area contributed by atoms with Gasteiger partial charge in [0.05, 0.1) is 6.54 Å². The zero-order chi connectivity index (χ0) is 15.1. The molecule has 4 heteroatoms. The van der Waals surface area contributed by atoms with Crippen molar-refractivity contribution in [3.05, 3.63) is 64.7 Å². The number of hydrogen-bond acceptors (Lipinski definition) is 2. The Hall–Kier alpha value is -1.84. The summed E-state index contributed by atoms with van der Waals surface area (Å²) >= 11 is 5.82. The average molecular weight is 303 g/mol. The number of rotatable bonds is 6. The molecule has 0 aromatic heterocycles. The van der Waals surface area contributed by atoms with Crippen LogP contribution < -0.4 is 10.6 Å². The molecule has 1 amide bonds. The number of hydrogen-bond donors (Lipinski definition) is 2. The van der Waals surface area contributed by atoms with Gasteiger partial charge in [-0.05, 0) is 41.8 Å². The van der Waals surface area contributed by atoms with Gasteiger partial charge in [-0.2, -0.15) is 0 Å².